The highest BCUT2D eigenvalue weighted by atomic mass is 35.5. The Labute approximate surface area is 148 Å². The monoisotopic (exact) mass is 356 g/mol. The van der Waals surface area contributed by atoms with Crippen molar-refractivity contribution in [2.24, 2.45) is 0 Å². The van der Waals surface area contributed by atoms with E-state index in [1.807, 2.05) is 12.1 Å². The lowest BCUT2D eigenvalue weighted by Crippen LogP contribution is -2.36. The molecule has 0 bridgehead atoms. The number of benzene rings is 1. The number of halogens is 2. The van der Waals surface area contributed by atoms with E-state index < -0.39 is 5.82 Å². The zero-order valence-electron chi connectivity index (χ0n) is 13.2. The van der Waals surface area contributed by atoms with Crippen LogP contribution in [-0.2, 0) is 13.0 Å². The van der Waals surface area contributed by atoms with E-state index in [9.17, 15) is 9.18 Å². The topological polar surface area (TPSA) is 61.9 Å². The molecule has 0 fully saturated rings. The van der Waals surface area contributed by atoms with Crippen molar-refractivity contribution in [3.05, 3.63) is 70.5 Å². The van der Waals surface area contributed by atoms with Crippen molar-refractivity contribution in [1.82, 2.24) is 19.9 Å². The SMILES string of the molecule is O=C(c1cc(Cl)ccc1F)N1CCc2nc(-c3cccnc3)[nH]c2C1. The van der Waals surface area contributed by atoms with Gasteiger partial charge in [-0.15, -0.1) is 0 Å². The summed E-state index contributed by atoms with van der Waals surface area (Å²) in [6.45, 7) is 0.836. The molecule has 4 rings (SSSR count). The Morgan fingerprint density at radius 2 is 2.20 bits per heavy atom. The number of pyridine rings is 1. The molecule has 1 amide bonds. The van der Waals surface area contributed by atoms with E-state index in [-0.39, 0.29) is 11.5 Å². The highest BCUT2D eigenvalue weighted by Gasteiger charge is 2.26. The summed E-state index contributed by atoms with van der Waals surface area (Å²) in [4.78, 5) is 26.2. The number of amides is 1. The second-order valence-corrected chi connectivity index (χ2v) is 6.29. The number of carbonyl (C=O) groups excluding carboxylic acids is 1. The van der Waals surface area contributed by atoms with Crippen LogP contribution in [0.5, 0.6) is 0 Å². The molecule has 7 heteroatoms. The van der Waals surface area contributed by atoms with Gasteiger partial charge < -0.3 is 9.88 Å². The van der Waals surface area contributed by atoms with Gasteiger partial charge in [-0.2, -0.15) is 0 Å². The largest absolute Gasteiger partial charge is 0.340 e. The first-order valence-electron chi connectivity index (χ1n) is 7.84. The second-order valence-electron chi connectivity index (χ2n) is 5.85. The van der Waals surface area contributed by atoms with E-state index >= 15 is 0 Å². The zero-order chi connectivity index (χ0) is 17.4. The van der Waals surface area contributed by atoms with Gasteiger partial charge in [0.05, 0.1) is 23.5 Å². The van der Waals surface area contributed by atoms with E-state index in [2.05, 4.69) is 15.0 Å². The number of hydrogen-bond acceptors (Lipinski definition) is 3. The molecule has 0 saturated carbocycles. The number of imidazole rings is 1. The van der Waals surface area contributed by atoms with Gasteiger partial charge in [-0.3, -0.25) is 9.78 Å². The lowest BCUT2D eigenvalue weighted by molar-refractivity contribution is 0.0727. The van der Waals surface area contributed by atoms with Crippen molar-refractivity contribution in [3.8, 4) is 11.4 Å². The van der Waals surface area contributed by atoms with Gasteiger partial charge in [-0.25, -0.2) is 9.37 Å². The highest BCUT2D eigenvalue weighted by Crippen LogP contribution is 2.24. The van der Waals surface area contributed by atoms with E-state index in [4.69, 9.17) is 11.6 Å². The first-order chi connectivity index (χ1) is 12.1. The second kappa shape index (κ2) is 6.29. The molecule has 2 aromatic heterocycles. The Kier molecular flexibility index (Phi) is 3.97. The smallest absolute Gasteiger partial charge is 0.257 e. The van der Waals surface area contributed by atoms with Gasteiger partial charge in [-0.1, -0.05) is 11.6 Å². The van der Waals surface area contributed by atoms with Crippen LogP contribution in [0.1, 0.15) is 21.7 Å². The summed E-state index contributed by atoms with van der Waals surface area (Å²) < 4.78 is 14.0. The van der Waals surface area contributed by atoms with Gasteiger partial charge in [0.25, 0.3) is 5.91 Å². The number of carbonyl (C=O) groups is 1. The Balaban J connectivity index is 1.60. The average molecular weight is 357 g/mol. The summed E-state index contributed by atoms with van der Waals surface area (Å²) in [6.07, 6.45) is 4.04. The average Bonchev–Trinajstić information content (AvgIpc) is 3.07. The van der Waals surface area contributed by atoms with Crippen LogP contribution in [0.4, 0.5) is 4.39 Å². The molecule has 0 radical (unpaired) electrons. The third-order valence-corrected chi connectivity index (χ3v) is 4.45. The maximum Gasteiger partial charge on any atom is 0.257 e. The standard InChI is InChI=1S/C18H14ClFN4O/c19-12-3-4-14(20)13(8-12)18(25)24-7-5-15-16(10-24)23-17(22-15)11-2-1-6-21-9-11/h1-4,6,8-9H,5,7,10H2,(H,22,23). The van der Waals surface area contributed by atoms with E-state index in [1.165, 1.54) is 18.2 Å². The van der Waals surface area contributed by atoms with Crippen LogP contribution in [0.25, 0.3) is 11.4 Å². The van der Waals surface area contributed by atoms with Crippen LogP contribution < -0.4 is 0 Å². The van der Waals surface area contributed by atoms with Crippen molar-refractivity contribution < 1.29 is 9.18 Å². The van der Waals surface area contributed by atoms with Crippen LogP contribution in [0, 0.1) is 5.82 Å². The predicted molar refractivity (Wildman–Crippen MR) is 91.7 cm³/mol. The molecule has 5 nitrogen and oxygen atoms in total. The summed E-state index contributed by atoms with van der Waals surface area (Å²) in [6, 6.07) is 7.76. The van der Waals surface area contributed by atoms with Gasteiger partial charge in [-0.05, 0) is 30.3 Å². The molecular weight excluding hydrogens is 343 g/mol. The minimum atomic E-state index is -0.569. The first-order valence-corrected chi connectivity index (χ1v) is 8.22. The van der Waals surface area contributed by atoms with Crippen LogP contribution in [0.2, 0.25) is 5.02 Å². The summed E-state index contributed by atoms with van der Waals surface area (Å²) in [5.74, 6) is -0.217. The van der Waals surface area contributed by atoms with Gasteiger partial charge >= 0.3 is 0 Å². The molecule has 126 valence electrons. The summed E-state index contributed by atoms with van der Waals surface area (Å²) >= 11 is 5.89. The van der Waals surface area contributed by atoms with Crippen molar-refractivity contribution in [1.29, 1.82) is 0 Å². The third-order valence-electron chi connectivity index (χ3n) is 4.21. The fraction of sp³-hybridized carbons (Fsp3) is 0.167. The Morgan fingerprint density at radius 1 is 1.32 bits per heavy atom. The number of fused-ring (bicyclic) bond motifs is 1. The summed E-state index contributed by atoms with van der Waals surface area (Å²) in [7, 11) is 0. The molecule has 0 spiro atoms. The Hall–Kier alpha value is -2.73. The van der Waals surface area contributed by atoms with E-state index in [0.717, 1.165) is 22.8 Å². The zero-order valence-corrected chi connectivity index (χ0v) is 13.9. The van der Waals surface area contributed by atoms with Crippen molar-refractivity contribution in [2.45, 2.75) is 13.0 Å². The van der Waals surface area contributed by atoms with Gasteiger partial charge in [0.15, 0.2) is 0 Å². The Bertz CT molecular complexity index is 942. The van der Waals surface area contributed by atoms with E-state index in [1.54, 1.807) is 17.3 Å². The van der Waals surface area contributed by atoms with Crippen molar-refractivity contribution in [3.63, 3.8) is 0 Å². The highest BCUT2D eigenvalue weighted by molar-refractivity contribution is 6.31. The molecule has 0 unspecified atom stereocenters. The molecule has 1 aliphatic heterocycles. The fourth-order valence-electron chi connectivity index (χ4n) is 2.94. The minimum Gasteiger partial charge on any atom is -0.340 e. The number of aromatic amines is 1. The number of H-pyrrole nitrogens is 1. The summed E-state index contributed by atoms with van der Waals surface area (Å²) in [5, 5.41) is 0.336. The lowest BCUT2D eigenvalue weighted by atomic mass is 10.1. The van der Waals surface area contributed by atoms with Crippen molar-refractivity contribution >= 4 is 17.5 Å². The van der Waals surface area contributed by atoms with Crippen LogP contribution >= 0.6 is 11.6 Å². The normalized spacial score (nSPS) is 13.6. The number of aromatic nitrogens is 3. The lowest BCUT2D eigenvalue weighted by Gasteiger charge is -2.26. The molecule has 3 heterocycles. The fourth-order valence-corrected chi connectivity index (χ4v) is 3.11. The summed E-state index contributed by atoms with van der Waals surface area (Å²) in [5.41, 5.74) is 2.66. The molecule has 25 heavy (non-hydrogen) atoms. The van der Waals surface area contributed by atoms with Gasteiger partial charge in [0, 0.05) is 35.9 Å². The molecule has 0 aliphatic carbocycles. The van der Waals surface area contributed by atoms with Crippen LogP contribution in [0.15, 0.2) is 42.7 Å². The Morgan fingerprint density at radius 3 is 3.00 bits per heavy atom. The third kappa shape index (κ3) is 3.00. The number of nitrogens with one attached hydrogen (secondary N) is 1. The van der Waals surface area contributed by atoms with Crippen molar-refractivity contribution in [2.75, 3.05) is 6.54 Å². The molecule has 1 aromatic carbocycles. The molecule has 0 saturated heterocycles. The molecule has 1 N–H and O–H groups in total. The molecular formula is C18H14ClFN4O. The number of nitrogens with zero attached hydrogens (tertiary/aromatic N) is 3. The minimum absolute atomic E-state index is 0.0112. The van der Waals surface area contributed by atoms with Gasteiger partial charge in [0.2, 0.25) is 0 Å². The van der Waals surface area contributed by atoms with Crippen LogP contribution in [-0.4, -0.2) is 32.3 Å². The molecule has 1 aliphatic rings. The predicted octanol–water partition coefficient (Wildman–Crippen LogP) is 3.46. The van der Waals surface area contributed by atoms with Gasteiger partial charge in [0.1, 0.15) is 11.6 Å². The quantitative estimate of drug-likeness (QED) is 0.764. The maximum absolute atomic E-state index is 14.0. The maximum atomic E-state index is 14.0. The molecule has 0 atom stereocenters. The van der Waals surface area contributed by atoms with Crippen LogP contribution in [0.3, 0.4) is 0 Å². The number of hydrogen-bond donors (Lipinski definition) is 1. The first kappa shape index (κ1) is 15.8. The number of rotatable bonds is 2. The molecule has 3 aromatic rings. The van der Waals surface area contributed by atoms with E-state index in [0.29, 0.717) is 24.5 Å².